The van der Waals surface area contributed by atoms with Crippen LogP contribution in [0.25, 0.3) is 0 Å². The second-order valence-electron chi connectivity index (χ2n) is 8.15. The molecule has 7 nitrogen and oxygen atoms in total. The lowest BCUT2D eigenvalue weighted by molar-refractivity contribution is 0.0524. The van der Waals surface area contributed by atoms with Crippen LogP contribution >= 0.6 is 0 Å². The molecule has 0 radical (unpaired) electrons. The lowest BCUT2D eigenvalue weighted by Crippen LogP contribution is -2.44. The Kier molecular flexibility index (Phi) is 7.34. The van der Waals surface area contributed by atoms with Gasteiger partial charge in [-0.1, -0.05) is 12.1 Å². The summed E-state index contributed by atoms with van der Waals surface area (Å²) in [6.07, 6.45) is 3.94. The van der Waals surface area contributed by atoms with Crippen molar-refractivity contribution in [1.29, 1.82) is 0 Å². The van der Waals surface area contributed by atoms with Crippen molar-refractivity contribution >= 4 is 23.3 Å². The van der Waals surface area contributed by atoms with Gasteiger partial charge in [0.05, 0.1) is 12.2 Å². The van der Waals surface area contributed by atoms with Gasteiger partial charge in [0.1, 0.15) is 5.82 Å². The number of ether oxygens (including phenoxy) is 2. The number of benzene rings is 2. The Bertz CT molecular complexity index is 924. The van der Waals surface area contributed by atoms with E-state index in [1.54, 1.807) is 35.2 Å². The van der Waals surface area contributed by atoms with E-state index in [4.69, 9.17) is 9.47 Å². The number of rotatable bonds is 7. The normalized spacial score (nSPS) is 20.2. The Morgan fingerprint density at radius 1 is 0.906 bits per heavy atom. The van der Waals surface area contributed by atoms with Gasteiger partial charge in [-0.2, -0.15) is 0 Å². The quantitative estimate of drug-likeness (QED) is 0.673. The highest BCUT2D eigenvalue weighted by molar-refractivity contribution is 6.05. The van der Waals surface area contributed by atoms with Crippen LogP contribution in [-0.2, 0) is 9.47 Å². The standard InChI is InChI=1S/C24H28FN3O4/c25-18-6-2-8-20(14-18)26-23(29)17-5-1-7-19(13-17)27-24(30)28(15-21-9-3-11-31-21)16-22-10-4-12-32-22/h1-2,5-8,13-14,21-22H,3-4,9-12,15-16H2,(H,26,29)(H,27,30)/t21-,22-/m0/s1. The molecule has 2 aromatic carbocycles. The maximum absolute atomic E-state index is 13.4. The Morgan fingerprint density at radius 3 is 2.12 bits per heavy atom. The van der Waals surface area contributed by atoms with Crippen molar-refractivity contribution in [3.8, 4) is 0 Å². The molecule has 0 spiro atoms. The van der Waals surface area contributed by atoms with Gasteiger partial charge in [0, 0.05) is 43.2 Å². The fraction of sp³-hybridized carbons (Fsp3) is 0.417. The van der Waals surface area contributed by atoms with Gasteiger partial charge in [0.15, 0.2) is 0 Å². The molecule has 2 saturated heterocycles. The highest BCUT2D eigenvalue weighted by Crippen LogP contribution is 2.19. The number of amides is 3. The molecule has 2 heterocycles. The van der Waals surface area contributed by atoms with Crippen molar-refractivity contribution in [2.24, 2.45) is 0 Å². The van der Waals surface area contributed by atoms with E-state index in [9.17, 15) is 14.0 Å². The van der Waals surface area contributed by atoms with Gasteiger partial charge in [-0.05, 0) is 62.1 Å². The second kappa shape index (κ2) is 10.6. The van der Waals surface area contributed by atoms with Crippen molar-refractivity contribution in [3.63, 3.8) is 0 Å². The monoisotopic (exact) mass is 441 g/mol. The van der Waals surface area contributed by atoms with E-state index >= 15 is 0 Å². The van der Waals surface area contributed by atoms with Gasteiger partial charge in [-0.25, -0.2) is 9.18 Å². The number of nitrogens with one attached hydrogen (secondary N) is 2. The Hall–Kier alpha value is -2.97. The second-order valence-corrected chi connectivity index (χ2v) is 8.15. The Balaban J connectivity index is 1.41. The summed E-state index contributed by atoms with van der Waals surface area (Å²) in [5.41, 5.74) is 1.23. The molecule has 2 aliphatic heterocycles. The number of carbonyl (C=O) groups excluding carboxylic acids is 2. The molecule has 2 atom stereocenters. The summed E-state index contributed by atoms with van der Waals surface area (Å²) >= 11 is 0. The van der Waals surface area contributed by atoms with E-state index < -0.39 is 5.82 Å². The molecule has 0 aromatic heterocycles. The third-order valence-electron chi connectivity index (χ3n) is 5.64. The first-order chi connectivity index (χ1) is 15.6. The average molecular weight is 442 g/mol. The first kappa shape index (κ1) is 22.2. The number of hydrogen-bond acceptors (Lipinski definition) is 4. The number of anilines is 2. The van der Waals surface area contributed by atoms with Gasteiger partial charge in [0.25, 0.3) is 5.91 Å². The minimum Gasteiger partial charge on any atom is -0.376 e. The molecule has 2 aromatic rings. The smallest absolute Gasteiger partial charge is 0.322 e. The van der Waals surface area contributed by atoms with Crippen LogP contribution in [0.3, 0.4) is 0 Å². The maximum atomic E-state index is 13.4. The maximum Gasteiger partial charge on any atom is 0.322 e. The van der Waals surface area contributed by atoms with E-state index in [0.29, 0.717) is 30.0 Å². The molecule has 2 N–H and O–H groups in total. The van der Waals surface area contributed by atoms with Crippen LogP contribution in [0, 0.1) is 5.82 Å². The molecule has 0 bridgehead atoms. The van der Waals surface area contributed by atoms with Gasteiger partial charge < -0.3 is 25.0 Å². The Morgan fingerprint density at radius 2 is 1.53 bits per heavy atom. The fourth-order valence-electron chi connectivity index (χ4n) is 4.02. The summed E-state index contributed by atoms with van der Waals surface area (Å²) in [5.74, 6) is -0.816. The average Bonchev–Trinajstić information content (AvgIpc) is 3.48. The molecule has 2 aliphatic rings. The summed E-state index contributed by atoms with van der Waals surface area (Å²) in [6, 6.07) is 12.1. The highest BCUT2D eigenvalue weighted by atomic mass is 19.1. The molecule has 0 aliphatic carbocycles. The van der Waals surface area contributed by atoms with Gasteiger partial charge in [0.2, 0.25) is 0 Å². The summed E-state index contributed by atoms with van der Waals surface area (Å²) in [6.45, 7) is 2.46. The zero-order valence-corrected chi connectivity index (χ0v) is 17.9. The molecule has 0 saturated carbocycles. The molecule has 3 amide bonds. The lowest BCUT2D eigenvalue weighted by atomic mass is 10.1. The van der Waals surface area contributed by atoms with E-state index in [2.05, 4.69) is 10.6 Å². The molecular weight excluding hydrogens is 413 g/mol. The molecule has 4 rings (SSSR count). The third kappa shape index (κ3) is 6.05. The van der Waals surface area contributed by atoms with Crippen LogP contribution < -0.4 is 10.6 Å². The minimum absolute atomic E-state index is 0.0329. The third-order valence-corrected chi connectivity index (χ3v) is 5.64. The topological polar surface area (TPSA) is 79.9 Å². The zero-order chi connectivity index (χ0) is 22.3. The van der Waals surface area contributed by atoms with Crippen LogP contribution in [0.2, 0.25) is 0 Å². The first-order valence-electron chi connectivity index (χ1n) is 11.0. The number of carbonyl (C=O) groups is 2. The van der Waals surface area contributed by atoms with Crippen molar-refractivity contribution in [1.82, 2.24) is 4.90 Å². The van der Waals surface area contributed by atoms with Crippen LogP contribution in [-0.4, -0.2) is 55.3 Å². The molecule has 32 heavy (non-hydrogen) atoms. The summed E-state index contributed by atoms with van der Waals surface area (Å²) < 4.78 is 24.8. The van der Waals surface area contributed by atoms with Crippen molar-refractivity contribution in [3.05, 3.63) is 59.9 Å². The predicted molar refractivity (Wildman–Crippen MR) is 119 cm³/mol. The summed E-state index contributed by atoms with van der Waals surface area (Å²) in [7, 11) is 0. The number of nitrogens with zero attached hydrogens (tertiary/aromatic N) is 1. The molecule has 170 valence electrons. The van der Waals surface area contributed by atoms with Crippen molar-refractivity contribution in [2.45, 2.75) is 37.9 Å². The van der Waals surface area contributed by atoms with E-state index in [-0.39, 0.29) is 24.1 Å². The minimum atomic E-state index is -0.429. The number of hydrogen-bond donors (Lipinski definition) is 2. The van der Waals surface area contributed by atoms with Gasteiger partial charge >= 0.3 is 6.03 Å². The number of urea groups is 1. The Labute approximate surface area is 186 Å². The van der Waals surface area contributed by atoms with Crippen LogP contribution in [0.4, 0.5) is 20.6 Å². The molecule has 2 fully saturated rings. The van der Waals surface area contributed by atoms with Gasteiger partial charge in [-0.3, -0.25) is 4.79 Å². The van der Waals surface area contributed by atoms with Crippen LogP contribution in [0.15, 0.2) is 48.5 Å². The first-order valence-corrected chi connectivity index (χ1v) is 11.0. The van der Waals surface area contributed by atoms with E-state index in [1.165, 1.54) is 18.2 Å². The highest BCUT2D eigenvalue weighted by Gasteiger charge is 2.27. The summed E-state index contributed by atoms with van der Waals surface area (Å²) in [5, 5.41) is 5.56. The van der Waals surface area contributed by atoms with E-state index in [1.807, 2.05) is 0 Å². The number of halogens is 1. The lowest BCUT2D eigenvalue weighted by Gasteiger charge is -2.28. The van der Waals surface area contributed by atoms with Crippen molar-refractivity contribution in [2.75, 3.05) is 36.9 Å². The zero-order valence-electron chi connectivity index (χ0n) is 17.9. The fourth-order valence-corrected chi connectivity index (χ4v) is 4.02. The van der Waals surface area contributed by atoms with Gasteiger partial charge in [-0.15, -0.1) is 0 Å². The van der Waals surface area contributed by atoms with Crippen LogP contribution in [0.5, 0.6) is 0 Å². The van der Waals surface area contributed by atoms with E-state index in [0.717, 1.165) is 38.9 Å². The predicted octanol–water partition coefficient (Wildman–Crippen LogP) is 4.27. The molecule has 8 heteroatoms. The molecule has 0 unspecified atom stereocenters. The molecular formula is C24H28FN3O4. The summed E-state index contributed by atoms with van der Waals surface area (Å²) in [4.78, 5) is 27.4. The SMILES string of the molecule is O=C(Nc1cccc(F)c1)c1cccc(NC(=O)N(C[C@@H]2CCCO2)C[C@@H]2CCCO2)c1. The van der Waals surface area contributed by atoms with Crippen molar-refractivity contribution < 1.29 is 23.5 Å². The largest absolute Gasteiger partial charge is 0.376 e. The van der Waals surface area contributed by atoms with Crippen LogP contribution in [0.1, 0.15) is 36.0 Å².